The van der Waals surface area contributed by atoms with E-state index in [0.29, 0.717) is 5.39 Å². The van der Waals surface area contributed by atoms with Crippen LogP contribution in [-0.2, 0) is 10.0 Å². The summed E-state index contributed by atoms with van der Waals surface area (Å²) in [7, 11) is -2.78. The van der Waals surface area contributed by atoms with Gasteiger partial charge in [0.05, 0.1) is 18.4 Å². The van der Waals surface area contributed by atoms with E-state index in [1.165, 1.54) is 23.8 Å². The molecular weight excluding hydrogens is 369 g/mol. The molecule has 0 fully saturated rings. The number of nitrogens with one attached hydrogen (secondary N) is 1. The minimum atomic E-state index is -4.01. The first-order valence-electron chi connectivity index (χ1n) is 6.93. The lowest BCUT2D eigenvalue weighted by Gasteiger charge is -2.13. The maximum absolute atomic E-state index is 13.9. The lowest BCUT2D eigenvalue weighted by Crippen LogP contribution is -2.14. The first kappa shape index (κ1) is 17.2. The van der Waals surface area contributed by atoms with E-state index in [-0.39, 0.29) is 16.3 Å². The number of carbonyl (C=O) groups is 1. The van der Waals surface area contributed by atoms with Crippen molar-refractivity contribution >= 4 is 43.1 Å². The van der Waals surface area contributed by atoms with E-state index < -0.39 is 27.4 Å². The molecule has 0 atom stereocenters. The van der Waals surface area contributed by atoms with E-state index in [9.17, 15) is 17.6 Å². The topological polar surface area (TPSA) is 92.7 Å². The molecule has 1 aromatic heterocycles. The Morgan fingerprint density at radius 2 is 2.00 bits per heavy atom. The summed E-state index contributed by atoms with van der Waals surface area (Å²) in [6.07, 6.45) is 0. The second kappa shape index (κ2) is 6.34. The van der Waals surface area contributed by atoms with Crippen molar-refractivity contribution in [1.29, 1.82) is 0 Å². The molecule has 0 unspecified atom stereocenters. The summed E-state index contributed by atoms with van der Waals surface area (Å²) in [5.74, 6) is -2.64. The molecule has 0 amide bonds. The van der Waals surface area contributed by atoms with Gasteiger partial charge >= 0.3 is 5.97 Å². The van der Waals surface area contributed by atoms with Crippen LogP contribution in [0.5, 0.6) is 5.75 Å². The van der Waals surface area contributed by atoms with Gasteiger partial charge in [-0.1, -0.05) is 18.2 Å². The zero-order valence-electron chi connectivity index (χ0n) is 12.8. The Morgan fingerprint density at radius 3 is 2.68 bits per heavy atom. The Bertz CT molecular complexity index is 1080. The lowest BCUT2D eigenvalue weighted by atomic mass is 10.2. The molecule has 9 heteroatoms. The van der Waals surface area contributed by atoms with Gasteiger partial charge in [0.25, 0.3) is 10.0 Å². The number of thiophene rings is 1. The van der Waals surface area contributed by atoms with Gasteiger partial charge < -0.3 is 9.84 Å². The highest BCUT2D eigenvalue weighted by atomic mass is 32.2. The lowest BCUT2D eigenvalue weighted by molar-refractivity contribution is 0.0691. The second-order valence-electron chi connectivity index (χ2n) is 5.04. The molecule has 3 rings (SSSR count). The molecule has 0 aliphatic heterocycles. The predicted octanol–water partition coefficient (Wildman–Crippen LogP) is 3.55. The smallest absolute Gasteiger partial charge is 0.338 e. The van der Waals surface area contributed by atoms with Crippen LogP contribution in [0.15, 0.2) is 46.7 Å². The van der Waals surface area contributed by atoms with Gasteiger partial charge in [-0.05, 0) is 12.1 Å². The van der Waals surface area contributed by atoms with E-state index >= 15 is 0 Å². The first-order valence-corrected chi connectivity index (χ1v) is 9.29. The Balaban J connectivity index is 2.07. The van der Waals surface area contributed by atoms with Crippen molar-refractivity contribution in [2.24, 2.45) is 0 Å². The van der Waals surface area contributed by atoms with Gasteiger partial charge in [0.15, 0.2) is 0 Å². The van der Waals surface area contributed by atoms with E-state index in [4.69, 9.17) is 9.84 Å². The fourth-order valence-corrected chi connectivity index (χ4v) is 4.89. The van der Waals surface area contributed by atoms with Crippen molar-refractivity contribution in [2.75, 3.05) is 11.8 Å². The summed E-state index contributed by atoms with van der Waals surface area (Å²) in [5.41, 5.74) is -0.791. The first-order chi connectivity index (χ1) is 11.8. The largest absolute Gasteiger partial charge is 0.495 e. The molecule has 2 aromatic carbocycles. The summed E-state index contributed by atoms with van der Waals surface area (Å²) in [6.45, 7) is 0. The van der Waals surface area contributed by atoms with Crippen molar-refractivity contribution < 1.29 is 27.4 Å². The van der Waals surface area contributed by atoms with Crippen molar-refractivity contribution in [3.63, 3.8) is 0 Å². The molecule has 0 saturated carbocycles. The average molecular weight is 381 g/mol. The van der Waals surface area contributed by atoms with Crippen molar-refractivity contribution in [3.8, 4) is 5.75 Å². The number of aromatic carboxylic acids is 1. The number of anilines is 1. The van der Waals surface area contributed by atoms with Crippen LogP contribution < -0.4 is 9.46 Å². The maximum Gasteiger partial charge on any atom is 0.338 e. The number of carboxylic acid groups (broad SMARTS) is 1. The molecule has 0 aliphatic rings. The molecule has 130 valence electrons. The zero-order valence-corrected chi connectivity index (χ0v) is 14.4. The van der Waals surface area contributed by atoms with Crippen molar-refractivity contribution in [1.82, 2.24) is 0 Å². The summed E-state index contributed by atoms with van der Waals surface area (Å²) in [5, 5.41) is 11.0. The molecule has 0 aliphatic carbocycles. The normalized spacial score (nSPS) is 11.4. The van der Waals surface area contributed by atoms with Gasteiger partial charge in [0, 0.05) is 21.5 Å². The number of rotatable bonds is 5. The van der Waals surface area contributed by atoms with Crippen LogP contribution in [0, 0.1) is 5.82 Å². The highest BCUT2D eigenvalue weighted by Gasteiger charge is 2.23. The molecule has 1 heterocycles. The van der Waals surface area contributed by atoms with Gasteiger partial charge in [-0.3, -0.25) is 4.72 Å². The average Bonchev–Trinajstić information content (AvgIpc) is 2.99. The number of carboxylic acids is 1. The van der Waals surface area contributed by atoms with Crippen molar-refractivity contribution in [2.45, 2.75) is 4.90 Å². The highest BCUT2D eigenvalue weighted by molar-refractivity contribution is 7.93. The fraction of sp³-hybridized carbons (Fsp3) is 0.0625. The number of hydrogen-bond acceptors (Lipinski definition) is 5. The zero-order chi connectivity index (χ0) is 18.2. The minimum Gasteiger partial charge on any atom is -0.495 e. The van der Waals surface area contributed by atoms with Gasteiger partial charge in [0.1, 0.15) is 16.5 Å². The van der Waals surface area contributed by atoms with Crippen LogP contribution in [0.3, 0.4) is 0 Å². The van der Waals surface area contributed by atoms with Crippen LogP contribution in [0.1, 0.15) is 10.4 Å². The molecular formula is C16H12FNO5S2. The van der Waals surface area contributed by atoms with Crippen LogP contribution in [0.25, 0.3) is 10.1 Å². The third kappa shape index (κ3) is 3.15. The monoisotopic (exact) mass is 381 g/mol. The number of ether oxygens (including phenoxy) is 1. The Kier molecular flexibility index (Phi) is 4.36. The van der Waals surface area contributed by atoms with E-state index in [1.807, 2.05) is 0 Å². The Hall–Kier alpha value is -2.65. The molecule has 0 spiro atoms. The number of benzene rings is 2. The predicted molar refractivity (Wildman–Crippen MR) is 92.5 cm³/mol. The van der Waals surface area contributed by atoms with Gasteiger partial charge in [-0.2, -0.15) is 0 Å². The Labute approximate surface area is 146 Å². The third-order valence-electron chi connectivity index (χ3n) is 3.50. The molecule has 0 radical (unpaired) electrons. The quantitative estimate of drug-likeness (QED) is 0.705. The molecule has 2 N–H and O–H groups in total. The molecule has 6 nitrogen and oxygen atoms in total. The van der Waals surface area contributed by atoms with Gasteiger partial charge in [-0.15, -0.1) is 11.3 Å². The van der Waals surface area contributed by atoms with E-state index in [0.717, 1.165) is 16.8 Å². The summed E-state index contributed by atoms with van der Waals surface area (Å²) >= 11 is 1.27. The third-order valence-corrected chi connectivity index (χ3v) is 6.02. The maximum atomic E-state index is 13.9. The SMILES string of the molecule is COc1cc(C(=O)O)c(F)cc1NS(=O)(=O)c1csc2ccccc12. The number of hydrogen-bond donors (Lipinski definition) is 2. The van der Waals surface area contributed by atoms with Crippen molar-refractivity contribution in [3.05, 3.63) is 53.2 Å². The standard InChI is InChI=1S/C16H12FNO5S2/c1-23-13-6-10(16(19)20)11(17)7-12(13)18-25(21,22)15-8-24-14-5-3-2-4-9(14)15/h2-8,18H,1H3,(H,19,20). The summed E-state index contributed by atoms with van der Waals surface area (Å²) in [4.78, 5) is 11.0. The van der Waals surface area contributed by atoms with Gasteiger partial charge in [0.2, 0.25) is 0 Å². The summed E-state index contributed by atoms with van der Waals surface area (Å²) in [6, 6.07) is 8.70. The van der Waals surface area contributed by atoms with Crippen LogP contribution in [-0.4, -0.2) is 26.6 Å². The minimum absolute atomic E-state index is 0.0536. The Morgan fingerprint density at radius 1 is 1.28 bits per heavy atom. The number of sulfonamides is 1. The fourth-order valence-electron chi connectivity index (χ4n) is 2.33. The van der Waals surface area contributed by atoms with Crippen LogP contribution >= 0.6 is 11.3 Å². The van der Waals surface area contributed by atoms with Crippen LogP contribution in [0.2, 0.25) is 0 Å². The number of fused-ring (bicyclic) bond motifs is 1. The highest BCUT2D eigenvalue weighted by Crippen LogP contribution is 2.33. The number of methoxy groups -OCH3 is 1. The summed E-state index contributed by atoms with van der Waals surface area (Å²) < 4.78 is 47.3. The molecule has 25 heavy (non-hydrogen) atoms. The molecule has 0 bridgehead atoms. The molecule has 3 aromatic rings. The second-order valence-corrected chi connectivity index (χ2v) is 7.60. The number of halogens is 1. The van der Waals surface area contributed by atoms with Crippen LogP contribution in [0.4, 0.5) is 10.1 Å². The van der Waals surface area contributed by atoms with E-state index in [1.54, 1.807) is 24.3 Å². The molecule has 0 saturated heterocycles. The van der Waals surface area contributed by atoms with E-state index in [2.05, 4.69) is 4.72 Å². The van der Waals surface area contributed by atoms with Gasteiger partial charge in [-0.25, -0.2) is 17.6 Å².